The minimum Gasteiger partial charge on any atom is -0.370 e. The molecule has 0 unspecified atom stereocenters. The van der Waals surface area contributed by atoms with Gasteiger partial charge in [-0.05, 0) is 25.5 Å². The van der Waals surface area contributed by atoms with Crippen LogP contribution in [0.2, 0.25) is 0 Å². The molecule has 0 amide bonds. The summed E-state index contributed by atoms with van der Waals surface area (Å²) in [5.74, 6) is 0.575. The first-order chi connectivity index (χ1) is 7.50. The zero-order valence-corrected chi connectivity index (χ0v) is 11.5. The number of hydrogen-bond donors (Lipinski definition) is 1. The molecule has 0 saturated heterocycles. The smallest absolute Gasteiger partial charge is 0.191 e. The van der Waals surface area contributed by atoms with Crippen LogP contribution in [0, 0.1) is 0 Å². The molecule has 0 fully saturated rings. The van der Waals surface area contributed by atoms with Crippen molar-refractivity contribution in [3.8, 4) is 0 Å². The molecule has 16 heavy (non-hydrogen) atoms. The Morgan fingerprint density at radius 3 is 2.62 bits per heavy atom. The summed E-state index contributed by atoms with van der Waals surface area (Å²) in [6.07, 6.45) is 0. The normalized spacial score (nSPS) is 11.9. The molecule has 0 heterocycles. The van der Waals surface area contributed by atoms with E-state index in [0.717, 1.165) is 11.0 Å². The van der Waals surface area contributed by atoms with Gasteiger partial charge in [0.25, 0.3) is 0 Å². The fraction of sp³-hybridized carbons (Fsp3) is 0.417. The Bertz CT molecular complexity index is 374. The first kappa shape index (κ1) is 13.0. The van der Waals surface area contributed by atoms with Crippen molar-refractivity contribution in [2.24, 2.45) is 10.7 Å². The molecule has 1 aromatic carbocycles. The second-order valence-corrected chi connectivity index (χ2v) is 4.88. The fourth-order valence-corrected chi connectivity index (χ4v) is 1.74. The molecular weight excluding hydrogens is 266 g/mol. The van der Waals surface area contributed by atoms with Gasteiger partial charge in [-0.3, -0.25) is 4.99 Å². The molecule has 0 aliphatic heterocycles. The van der Waals surface area contributed by atoms with Crippen LogP contribution in [0.5, 0.6) is 0 Å². The van der Waals surface area contributed by atoms with Crippen molar-refractivity contribution in [3.63, 3.8) is 0 Å². The second kappa shape index (κ2) is 5.89. The summed E-state index contributed by atoms with van der Waals surface area (Å²) < 4.78 is 1.10. The molecule has 1 rings (SSSR count). The van der Waals surface area contributed by atoms with Gasteiger partial charge in [0.2, 0.25) is 0 Å². The van der Waals surface area contributed by atoms with Crippen molar-refractivity contribution in [2.75, 3.05) is 7.05 Å². The van der Waals surface area contributed by atoms with E-state index in [0.29, 0.717) is 5.96 Å². The molecule has 0 spiro atoms. The second-order valence-electron chi connectivity index (χ2n) is 4.03. The summed E-state index contributed by atoms with van der Waals surface area (Å²) in [4.78, 5) is 6.25. The number of guanidine groups is 1. The van der Waals surface area contributed by atoms with Gasteiger partial charge in [-0.1, -0.05) is 34.1 Å². The van der Waals surface area contributed by atoms with Gasteiger partial charge in [0.05, 0.1) is 0 Å². The van der Waals surface area contributed by atoms with Crippen molar-refractivity contribution >= 4 is 21.9 Å². The van der Waals surface area contributed by atoms with Crippen molar-refractivity contribution in [1.82, 2.24) is 4.90 Å². The SMILES string of the molecule is CC(C)N=C(N)N(C)Cc1ccccc1Br. The topological polar surface area (TPSA) is 41.6 Å². The standard InChI is InChI=1S/C12H18BrN3/c1-9(2)15-12(14)16(3)8-10-6-4-5-7-11(10)13/h4-7,9H,8H2,1-3H3,(H2,14,15). The lowest BCUT2D eigenvalue weighted by atomic mass is 10.2. The molecule has 3 nitrogen and oxygen atoms in total. The van der Waals surface area contributed by atoms with Crippen LogP contribution in [0.15, 0.2) is 33.7 Å². The van der Waals surface area contributed by atoms with Crippen LogP contribution in [0.4, 0.5) is 0 Å². The van der Waals surface area contributed by atoms with Gasteiger partial charge in [0.15, 0.2) is 5.96 Å². The van der Waals surface area contributed by atoms with Crippen molar-refractivity contribution in [1.29, 1.82) is 0 Å². The number of aliphatic imine (C=N–C) groups is 1. The van der Waals surface area contributed by atoms with Crippen molar-refractivity contribution < 1.29 is 0 Å². The number of rotatable bonds is 3. The highest BCUT2D eigenvalue weighted by atomic mass is 79.9. The molecule has 1 aromatic rings. The maximum atomic E-state index is 5.88. The number of nitrogens with two attached hydrogens (primary N) is 1. The van der Waals surface area contributed by atoms with E-state index in [1.807, 2.05) is 44.0 Å². The molecule has 0 bridgehead atoms. The first-order valence-corrected chi connectivity index (χ1v) is 6.08. The Balaban J connectivity index is 2.72. The van der Waals surface area contributed by atoms with Crippen LogP contribution in [0.3, 0.4) is 0 Å². The van der Waals surface area contributed by atoms with Gasteiger partial charge in [0.1, 0.15) is 0 Å². The van der Waals surface area contributed by atoms with Gasteiger partial charge in [0, 0.05) is 24.1 Å². The number of hydrogen-bond acceptors (Lipinski definition) is 1. The highest BCUT2D eigenvalue weighted by Gasteiger charge is 2.05. The third-order valence-corrected chi connectivity index (χ3v) is 2.92. The summed E-state index contributed by atoms with van der Waals surface area (Å²) in [5, 5.41) is 0. The molecule has 0 aliphatic carbocycles. The minimum atomic E-state index is 0.224. The zero-order valence-electron chi connectivity index (χ0n) is 9.94. The average molecular weight is 284 g/mol. The third kappa shape index (κ3) is 3.85. The fourth-order valence-electron chi connectivity index (χ4n) is 1.33. The zero-order chi connectivity index (χ0) is 12.1. The van der Waals surface area contributed by atoms with E-state index in [-0.39, 0.29) is 6.04 Å². The number of halogens is 1. The van der Waals surface area contributed by atoms with Crippen LogP contribution < -0.4 is 5.73 Å². The molecule has 0 aromatic heterocycles. The lowest BCUT2D eigenvalue weighted by molar-refractivity contribution is 0.488. The molecule has 0 radical (unpaired) electrons. The third-order valence-electron chi connectivity index (χ3n) is 2.15. The predicted molar refractivity (Wildman–Crippen MR) is 72.4 cm³/mol. The van der Waals surface area contributed by atoms with E-state index in [1.54, 1.807) is 0 Å². The van der Waals surface area contributed by atoms with Crippen LogP contribution in [0.25, 0.3) is 0 Å². The summed E-state index contributed by atoms with van der Waals surface area (Å²) >= 11 is 3.52. The van der Waals surface area contributed by atoms with Gasteiger partial charge < -0.3 is 10.6 Å². The van der Waals surface area contributed by atoms with Gasteiger partial charge >= 0.3 is 0 Å². The maximum absolute atomic E-state index is 5.88. The van der Waals surface area contributed by atoms with Gasteiger partial charge in [-0.15, -0.1) is 0 Å². The van der Waals surface area contributed by atoms with Crippen molar-refractivity contribution in [3.05, 3.63) is 34.3 Å². The summed E-state index contributed by atoms with van der Waals surface area (Å²) in [5.41, 5.74) is 7.08. The molecule has 4 heteroatoms. The summed E-state index contributed by atoms with van der Waals surface area (Å²) in [7, 11) is 1.95. The van der Waals surface area contributed by atoms with E-state index >= 15 is 0 Å². The van der Waals surface area contributed by atoms with Gasteiger partial charge in [-0.2, -0.15) is 0 Å². The Labute approximate surface area is 105 Å². The highest BCUT2D eigenvalue weighted by molar-refractivity contribution is 9.10. The minimum absolute atomic E-state index is 0.224. The Morgan fingerprint density at radius 1 is 1.44 bits per heavy atom. The average Bonchev–Trinajstić information content (AvgIpc) is 2.20. The monoisotopic (exact) mass is 283 g/mol. The van der Waals surface area contributed by atoms with Crippen LogP contribution in [-0.2, 0) is 6.54 Å². The summed E-state index contributed by atoms with van der Waals surface area (Å²) in [6.45, 7) is 4.78. The number of benzene rings is 1. The van der Waals surface area contributed by atoms with E-state index in [1.165, 1.54) is 5.56 Å². The Kier molecular flexibility index (Phi) is 4.80. The highest BCUT2D eigenvalue weighted by Crippen LogP contribution is 2.17. The molecule has 0 atom stereocenters. The van der Waals surface area contributed by atoms with E-state index < -0.39 is 0 Å². The number of nitrogens with zero attached hydrogens (tertiary/aromatic N) is 2. The summed E-state index contributed by atoms with van der Waals surface area (Å²) in [6, 6.07) is 8.34. The molecule has 88 valence electrons. The van der Waals surface area contributed by atoms with Crippen molar-refractivity contribution in [2.45, 2.75) is 26.4 Å². The van der Waals surface area contributed by atoms with E-state index in [2.05, 4.69) is 27.0 Å². The Morgan fingerprint density at radius 2 is 2.06 bits per heavy atom. The lowest BCUT2D eigenvalue weighted by Crippen LogP contribution is -2.34. The molecular formula is C12H18BrN3. The molecule has 0 aliphatic rings. The molecule has 2 N–H and O–H groups in total. The largest absolute Gasteiger partial charge is 0.370 e. The predicted octanol–water partition coefficient (Wildman–Crippen LogP) is 2.60. The quantitative estimate of drug-likeness (QED) is 0.684. The van der Waals surface area contributed by atoms with Gasteiger partial charge in [-0.25, -0.2) is 0 Å². The van der Waals surface area contributed by atoms with Crippen LogP contribution >= 0.6 is 15.9 Å². The van der Waals surface area contributed by atoms with E-state index in [9.17, 15) is 0 Å². The Hall–Kier alpha value is -1.03. The van der Waals surface area contributed by atoms with E-state index in [4.69, 9.17) is 5.73 Å². The van der Waals surface area contributed by atoms with Crippen LogP contribution in [-0.4, -0.2) is 23.9 Å². The lowest BCUT2D eigenvalue weighted by Gasteiger charge is -2.19. The maximum Gasteiger partial charge on any atom is 0.191 e. The van der Waals surface area contributed by atoms with Crippen LogP contribution in [0.1, 0.15) is 19.4 Å². The first-order valence-electron chi connectivity index (χ1n) is 5.28. The molecule has 0 saturated carbocycles.